The fourth-order valence-electron chi connectivity index (χ4n) is 1.53. The van der Waals surface area contributed by atoms with Crippen molar-refractivity contribution in [2.24, 2.45) is 0 Å². The third-order valence-electron chi connectivity index (χ3n) is 3.78. The number of hydrogen-bond acceptors (Lipinski definition) is 2. The number of rotatable bonds is 0. The molecule has 0 aromatic rings. The quantitative estimate of drug-likeness (QED) is 0.327. The maximum absolute atomic E-state index is 4.84. The molecule has 834 valence electrons. The van der Waals surface area contributed by atoms with E-state index in [0.717, 1.165) is 0 Å². The van der Waals surface area contributed by atoms with E-state index < -0.39 is 0 Å². The summed E-state index contributed by atoms with van der Waals surface area (Å²) < 4.78 is 0. The first kappa shape index (κ1) is 170. The second kappa shape index (κ2) is 169. The lowest BCUT2D eigenvalue weighted by Gasteiger charge is -1.41. The maximum atomic E-state index is 4.84. The summed E-state index contributed by atoms with van der Waals surface area (Å²) >= 11 is 9.67. The average molecular weight is 4460 g/mol. The minimum Gasteiger partial charge on any atom is 0 e. The minimum absolute atomic E-state index is 1.37. The molecular weight excluding hydrogens is 4460 g/mol. The van der Waals surface area contributed by atoms with Crippen LogP contribution in [-0.4, -0.2) is 0 Å². The second-order valence-electron chi connectivity index (χ2n) is 9.32. The molecule has 0 rings (SSSR count). The molecule has 139 heavy (non-hydrogen) atoms. The van der Waals surface area contributed by atoms with Crippen molar-refractivity contribution in [3.8, 4) is 0 Å². The van der Waals surface area contributed by atoms with Crippen molar-refractivity contribution >= 4 is 1240 Å². The molecule has 0 aliphatic carbocycles. The molecule has 0 aliphatic heterocycles. The third-order valence-corrected chi connectivity index (χ3v) is 306. The van der Waals surface area contributed by atoms with Gasteiger partial charge in [-0.3, -0.25) is 0 Å². The van der Waals surface area contributed by atoms with Crippen molar-refractivity contribution in [2.75, 3.05) is 0 Å². The first-order valence-electron chi connectivity index (χ1n) is 23.0. The van der Waals surface area contributed by atoms with Crippen LogP contribution in [0.5, 0.6) is 0 Å². The van der Waals surface area contributed by atoms with Crippen molar-refractivity contribution in [1.29, 1.82) is 0 Å². The highest BCUT2D eigenvalue weighted by atomic mass is 33.6. The Balaban J connectivity index is 6.21. The third kappa shape index (κ3) is 169. The van der Waals surface area contributed by atoms with Crippen molar-refractivity contribution < 1.29 is 0 Å². The van der Waals surface area contributed by atoms with Gasteiger partial charge < -0.3 is 0 Å². The highest BCUT2D eigenvalue weighted by Gasteiger charge is 1.55. The zero-order valence-electron chi connectivity index (χ0n) is 56.7. The zero-order valence-corrected chi connectivity index (χ0v) is 170. The molecule has 0 aromatic carbocycles. The molecule has 0 saturated heterocycles. The van der Waals surface area contributed by atoms with E-state index >= 15 is 0 Å². The molecule has 0 spiro atoms. The lowest BCUT2D eigenvalue weighted by molar-refractivity contribution is 5.95. The summed E-state index contributed by atoms with van der Waals surface area (Å²) in [6.45, 7) is 0. The van der Waals surface area contributed by atoms with E-state index in [4.69, 9.17) is 22.4 Å². The summed E-state index contributed by atoms with van der Waals surface area (Å²) in [4.78, 5) is 0. The Morgan fingerprint density at radius 2 is 0.0576 bits per heavy atom. The topological polar surface area (TPSA) is 0 Å². The van der Waals surface area contributed by atoms with E-state index in [1.165, 1.54) is 17.8 Å². The van der Waals surface area contributed by atoms with Gasteiger partial charge in [0.1, 0.15) is 0 Å². The zero-order chi connectivity index (χ0) is 98.9. The monoisotopic (exact) mass is 4440 g/mol. The largest absolute Gasteiger partial charge is 0 e. The Bertz CT molecular complexity index is 10300. The molecule has 0 amide bonds. The molecule has 0 unspecified atom stereocenters. The highest BCUT2D eigenvalue weighted by molar-refractivity contribution is 8.91. The van der Waals surface area contributed by atoms with E-state index in [9.17, 15) is 0 Å². The normalized spacial score (nSPS) is 7.91. The second-order valence-corrected chi connectivity index (χ2v) is 252. The van der Waals surface area contributed by atoms with Gasteiger partial charge in [0, 0.05) is 1240 Å². The van der Waals surface area contributed by atoms with Crippen LogP contribution in [0.1, 0.15) is 0 Å². The van der Waals surface area contributed by atoms with Gasteiger partial charge in [0.2, 0.25) is 0 Å². The van der Waals surface area contributed by atoms with Crippen molar-refractivity contribution in [1.82, 2.24) is 0 Å². The Labute approximate surface area is 1200 Å². The molecule has 0 heterocycles. The molecule has 0 bridgehead atoms. The van der Waals surface area contributed by atoms with Crippen LogP contribution in [0, 0.1) is 0 Å². The minimum atomic E-state index is 1.37. The van der Waals surface area contributed by atoms with Gasteiger partial charge in [-0.1, -0.05) is 0 Å². The number of hydrogen-bond donors (Lipinski definition) is 0. The summed E-state index contributed by atoms with van der Waals surface area (Å²) in [5.41, 5.74) is 0. The van der Waals surface area contributed by atoms with Crippen molar-refractivity contribution in [3.63, 3.8) is 0 Å². The summed E-state index contributed by atoms with van der Waals surface area (Å²) in [7, 11) is 249. The maximum Gasteiger partial charge on any atom is 0 e. The SMILES string of the molecule is S=S=S=S=S=S=S=S=S=S=S=S=S=S=S=S=S=S=S=S=S=S=S=S=S=S=S=S=S=S=S=S=S=S=S=S=S=S=S=S=S=S=S=S=S=S=S=S=S=S=S=S=S=S=S=S=S=S=S=S=S=S=S=S=S=S=S=S=S=S=S=S=S=S=S=S=S=S=S=S=S=S=S=S=S=S=S=S=S=S=S=S=S=S=S=S=S=S=S=S=S=S=S=S=S=S=S=S=S=S=S=S=S=S=S=S=S=S=S=S=S=S=S=S=S=S=S=S=S=S=S=S=S=S=S=S=S=S=S. The fraction of sp³-hybridized carbons (Fsp3) is 0. The molecule has 0 aliphatic rings. The molecule has 0 atom stereocenters. The van der Waals surface area contributed by atoms with E-state index in [1.54, 1.807) is 107 Å². The van der Waals surface area contributed by atoms with Crippen molar-refractivity contribution in [3.05, 3.63) is 0 Å². The van der Waals surface area contributed by atoms with Gasteiger partial charge in [0.25, 0.3) is 0 Å². The van der Waals surface area contributed by atoms with E-state index in [0.29, 0.717) is 0 Å². The average Bonchev–Trinajstić information content (AvgIpc) is 1.10. The molecule has 0 radical (unpaired) electrons. The molecule has 0 N–H and O–H groups in total. The van der Waals surface area contributed by atoms with Crippen molar-refractivity contribution in [2.45, 2.75) is 0 Å². The Kier molecular flexibility index (Phi) is 206. The lowest BCUT2D eigenvalue weighted by atomic mass is 30.7. The summed E-state index contributed by atoms with van der Waals surface area (Å²) in [6.07, 6.45) is 0. The standard InChI is InChI=1S/S139/c1-3-5-7-9-11-13-15-17-19-21-23-25-27-29-31-33-35-37-39-41-43-45-47-49-51-53-55-57-59-61-63-65-67-69-71-73-75-77-79-81-83-85-87-89-91-93-95-97-99-101-103-105-107-109-111-113-115-117-119-121-123-125-127-129-131-133-135-137-139-138-136-134-132-130-128-126-124-122-120-118-116-114-112-110-108-106-104-102-100-98-96-94-92-90-88-86-84-82-80-78-76-74-72-70-68-66-64-62-60-58-56-54-52-50-48-46-44-42-40-38-36-34-32-30-28-26-24-22-20-18-16-14-12-10-8-6-4-2. The van der Waals surface area contributed by atoms with Gasteiger partial charge in [-0.15, -0.1) is 0 Å². The van der Waals surface area contributed by atoms with E-state index in [2.05, 4.69) is 0 Å². The predicted octanol–water partition coefficient (Wildman–Crippen LogP) is -0.334. The van der Waals surface area contributed by atoms with Gasteiger partial charge in [0.15, 0.2) is 0 Å². The van der Waals surface area contributed by atoms with Crippen LogP contribution in [0.3, 0.4) is 0 Å². The Morgan fingerprint density at radius 3 is 0.0791 bits per heavy atom. The molecule has 0 nitrogen and oxygen atoms in total. The van der Waals surface area contributed by atoms with Crippen LogP contribution in [0.15, 0.2) is 0 Å². The van der Waals surface area contributed by atoms with Crippen LogP contribution in [0.25, 0.3) is 0 Å². The van der Waals surface area contributed by atoms with Gasteiger partial charge >= 0.3 is 0 Å². The highest BCUT2D eigenvalue weighted by Crippen LogP contribution is 1.54. The van der Waals surface area contributed by atoms with Crippen LogP contribution >= 0.6 is 0 Å². The molecular formula is S139. The van der Waals surface area contributed by atoms with Crippen LogP contribution in [0.4, 0.5) is 0 Å². The van der Waals surface area contributed by atoms with Gasteiger partial charge in [-0.05, 0) is 0 Å². The van der Waals surface area contributed by atoms with Gasteiger partial charge in [-0.2, -0.15) is 0 Å². The van der Waals surface area contributed by atoms with E-state index in [-0.39, 0.29) is 0 Å². The smallest absolute Gasteiger partial charge is 0 e. The summed E-state index contributed by atoms with van der Waals surface area (Å²) in [5, 5.41) is 0. The predicted molar refractivity (Wildman–Crippen MR) is 1020 cm³/mol. The Morgan fingerprint density at radius 1 is 0.0360 bits per heavy atom. The van der Waals surface area contributed by atoms with E-state index in [1.807, 2.05) is 1090 Å². The fourth-order valence-corrected chi connectivity index (χ4v) is 372. The molecule has 0 aromatic heterocycles. The summed E-state index contributed by atoms with van der Waals surface area (Å²) in [6, 6.07) is 0. The molecule has 0 fully saturated rings. The van der Waals surface area contributed by atoms with Crippen LogP contribution < -0.4 is 0 Å². The lowest BCUT2D eigenvalue weighted by Crippen LogP contribution is -1.42. The molecule has 0 saturated carbocycles. The van der Waals surface area contributed by atoms with Crippen LogP contribution in [0.2, 0.25) is 0 Å². The van der Waals surface area contributed by atoms with Gasteiger partial charge in [0.05, 0.1) is 0 Å². The first-order valence-corrected chi connectivity index (χ1v) is 207. The Hall–Kier alpha value is 30.6. The molecule has 139 heteroatoms. The first-order chi connectivity index (χ1) is 69.4. The van der Waals surface area contributed by atoms with Crippen LogP contribution in [-0.2, 0) is 1240 Å². The summed E-state index contributed by atoms with van der Waals surface area (Å²) in [5.74, 6) is 0. The van der Waals surface area contributed by atoms with Gasteiger partial charge in [-0.25, -0.2) is 0 Å².